The number of carboxylic acid groups (broad SMARTS) is 1. The highest BCUT2D eigenvalue weighted by Crippen LogP contribution is 2.13. The van der Waals surface area contributed by atoms with Gasteiger partial charge in [-0.05, 0) is 25.0 Å². The summed E-state index contributed by atoms with van der Waals surface area (Å²) in [5, 5.41) is 24.5. The number of aryl methyl sites for hydroxylation is 1. The Hall–Kier alpha value is -3.32. The zero-order valence-corrected chi connectivity index (χ0v) is 14.5. The van der Waals surface area contributed by atoms with E-state index >= 15 is 0 Å². The minimum atomic E-state index is -5.08. The zero-order valence-electron chi connectivity index (χ0n) is 14.5. The fourth-order valence-corrected chi connectivity index (χ4v) is 1.72. The summed E-state index contributed by atoms with van der Waals surface area (Å²) in [6.45, 7) is 0.0341. The molecule has 4 N–H and O–H groups in total. The number of nitrogen functional groups attached to an aromatic ring is 1. The van der Waals surface area contributed by atoms with E-state index in [2.05, 4.69) is 25.8 Å². The van der Waals surface area contributed by atoms with Crippen molar-refractivity contribution in [3.05, 3.63) is 29.7 Å². The van der Waals surface area contributed by atoms with Gasteiger partial charge in [0.2, 0.25) is 0 Å². The van der Waals surface area contributed by atoms with Crippen LogP contribution in [0, 0.1) is 0 Å². The number of carbonyl (C=O) groups excluding carboxylic acids is 1. The third-order valence-corrected chi connectivity index (χ3v) is 3.08. The van der Waals surface area contributed by atoms with Crippen molar-refractivity contribution < 1.29 is 32.3 Å². The molecule has 10 nitrogen and oxygen atoms in total. The number of nitrogens with zero attached hydrogens (tertiary/aromatic N) is 5. The molecular formula is C14H17F4N7O3. The van der Waals surface area contributed by atoms with E-state index in [9.17, 15) is 22.4 Å². The van der Waals surface area contributed by atoms with Crippen LogP contribution in [-0.4, -0.2) is 61.6 Å². The maximum atomic E-state index is 13.9. The molecule has 0 bridgehead atoms. The van der Waals surface area contributed by atoms with Crippen LogP contribution in [0.15, 0.2) is 18.3 Å². The molecule has 28 heavy (non-hydrogen) atoms. The van der Waals surface area contributed by atoms with Gasteiger partial charge in [0.15, 0.2) is 5.69 Å². The molecule has 1 unspecified atom stereocenters. The molecule has 0 aliphatic carbocycles. The van der Waals surface area contributed by atoms with Crippen molar-refractivity contribution in [2.45, 2.75) is 31.7 Å². The molecule has 2 aromatic rings. The lowest BCUT2D eigenvalue weighted by Gasteiger charge is -2.07. The fraction of sp³-hybridized carbons (Fsp3) is 0.429. The van der Waals surface area contributed by atoms with Crippen molar-refractivity contribution >= 4 is 17.7 Å². The Bertz CT molecular complexity index is 780. The van der Waals surface area contributed by atoms with Gasteiger partial charge in [-0.1, -0.05) is 5.21 Å². The Morgan fingerprint density at radius 1 is 1.29 bits per heavy atom. The number of hydrogen-bond donors (Lipinski definition) is 3. The molecule has 0 aliphatic rings. The van der Waals surface area contributed by atoms with Crippen LogP contribution < -0.4 is 11.1 Å². The molecule has 2 aromatic heterocycles. The van der Waals surface area contributed by atoms with Crippen molar-refractivity contribution in [2.24, 2.45) is 0 Å². The first-order valence-electron chi connectivity index (χ1n) is 7.67. The molecule has 14 heteroatoms. The summed E-state index contributed by atoms with van der Waals surface area (Å²) in [6, 6.07) is 3.34. The van der Waals surface area contributed by atoms with Gasteiger partial charge in [-0.25, -0.2) is 13.9 Å². The van der Waals surface area contributed by atoms with Crippen LogP contribution in [0.5, 0.6) is 0 Å². The number of nitrogens with two attached hydrogens (primary N) is 1. The highest BCUT2D eigenvalue weighted by atomic mass is 19.4. The predicted molar refractivity (Wildman–Crippen MR) is 86.8 cm³/mol. The van der Waals surface area contributed by atoms with E-state index in [-0.39, 0.29) is 24.6 Å². The van der Waals surface area contributed by atoms with Gasteiger partial charge in [-0.3, -0.25) is 4.79 Å². The third-order valence-electron chi connectivity index (χ3n) is 3.08. The van der Waals surface area contributed by atoms with Crippen molar-refractivity contribution in [3.8, 4) is 0 Å². The first kappa shape index (κ1) is 22.7. The second kappa shape index (κ2) is 10.1. The van der Waals surface area contributed by atoms with E-state index in [1.54, 1.807) is 12.1 Å². The minimum absolute atomic E-state index is 0.0341. The molecular weight excluding hydrogens is 390 g/mol. The van der Waals surface area contributed by atoms with Gasteiger partial charge in [0, 0.05) is 7.05 Å². The summed E-state index contributed by atoms with van der Waals surface area (Å²) in [5.41, 5.74) is 6.26. The molecule has 2 heterocycles. The topological polar surface area (TPSA) is 149 Å². The molecule has 0 aliphatic heterocycles. The number of hydrogen-bond acceptors (Lipinski definition) is 7. The van der Waals surface area contributed by atoms with Crippen molar-refractivity contribution in [1.82, 2.24) is 30.5 Å². The van der Waals surface area contributed by atoms with Crippen LogP contribution in [0.3, 0.4) is 0 Å². The Kier molecular flexibility index (Phi) is 8.22. The number of nitrogens with one attached hydrogen (secondary N) is 1. The van der Waals surface area contributed by atoms with Crippen molar-refractivity contribution in [3.63, 3.8) is 0 Å². The molecule has 154 valence electrons. The lowest BCUT2D eigenvalue weighted by molar-refractivity contribution is -0.192. The van der Waals surface area contributed by atoms with Crippen LogP contribution in [0.2, 0.25) is 0 Å². The highest BCUT2D eigenvalue weighted by molar-refractivity contribution is 5.91. The summed E-state index contributed by atoms with van der Waals surface area (Å²) < 4.78 is 46.9. The number of carboxylic acids is 1. The van der Waals surface area contributed by atoms with E-state index in [0.29, 0.717) is 17.9 Å². The number of rotatable bonds is 6. The third kappa shape index (κ3) is 7.92. The van der Waals surface area contributed by atoms with E-state index in [1.807, 2.05) is 0 Å². The van der Waals surface area contributed by atoms with Gasteiger partial charge in [-0.2, -0.15) is 18.3 Å². The Labute approximate surface area is 155 Å². The standard InChI is InChI=1S/C12H16FN7O.C2HF3O2/c1-15-12(21)10-7-20(19-17-10)6-8(13)2-3-9-4-5-11(14)18-16-9;3-2(4,5)1(6)7/h4-5,7-8H,2-3,6H2,1H3,(H2,14,18)(H,15,21);(H,6,7). The average molecular weight is 407 g/mol. The second-order valence-corrected chi connectivity index (χ2v) is 5.29. The Morgan fingerprint density at radius 2 is 1.93 bits per heavy atom. The normalized spacial score (nSPS) is 11.9. The SMILES string of the molecule is CNC(=O)c1cn(CC(F)CCc2ccc(N)nn2)nn1.O=C(O)C(F)(F)F. The summed E-state index contributed by atoms with van der Waals surface area (Å²) >= 11 is 0. The Morgan fingerprint density at radius 3 is 2.43 bits per heavy atom. The molecule has 1 amide bonds. The molecule has 1 atom stereocenters. The van der Waals surface area contributed by atoms with Crippen LogP contribution in [0.1, 0.15) is 22.6 Å². The van der Waals surface area contributed by atoms with Crippen LogP contribution in [0.25, 0.3) is 0 Å². The van der Waals surface area contributed by atoms with Crippen molar-refractivity contribution in [1.29, 1.82) is 0 Å². The fourth-order valence-electron chi connectivity index (χ4n) is 1.72. The lowest BCUT2D eigenvalue weighted by atomic mass is 10.1. The zero-order chi connectivity index (χ0) is 21.3. The predicted octanol–water partition coefficient (Wildman–Crippen LogP) is 0.614. The number of alkyl halides is 4. The maximum Gasteiger partial charge on any atom is 0.490 e. The molecule has 2 rings (SSSR count). The summed E-state index contributed by atoms with van der Waals surface area (Å²) in [6.07, 6.45) is -4.07. The molecule has 0 spiro atoms. The smallest absolute Gasteiger partial charge is 0.475 e. The highest BCUT2D eigenvalue weighted by Gasteiger charge is 2.38. The monoisotopic (exact) mass is 407 g/mol. The van der Waals surface area contributed by atoms with Gasteiger partial charge in [0.1, 0.15) is 12.0 Å². The maximum absolute atomic E-state index is 13.9. The average Bonchev–Trinajstić information content (AvgIpc) is 3.08. The number of aliphatic carboxylic acids is 1. The molecule has 0 saturated carbocycles. The van der Waals surface area contributed by atoms with E-state index in [1.165, 1.54) is 17.9 Å². The first-order valence-corrected chi connectivity index (χ1v) is 7.67. The number of aromatic nitrogens is 5. The van der Waals surface area contributed by atoms with Crippen LogP contribution >= 0.6 is 0 Å². The largest absolute Gasteiger partial charge is 0.490 e. The van der Waals surface area contributed by atoms with Gasteiger partial charge in [0.25, 0.3) is 5.91 Å². The van der Waals surface area contributed by atoms with Crippen LogP contribution in [-0.2, 0) is 17.8 Å². The molecule has 0 aromatic carbocycles. The lowest BCUT2D eigenvalue weighted by Crippen LogP contribution is -2.21. The first-order chi connectivity index (χ1) is 13.0. The summed E-state index contributed by atoms with van der Waals surface area (Å²) in [5.74, 6) is -2.78. The summed E-state index contributed by atoms with van der Waals surface area (Å²) in [4.78, 5) is 20.2. The molecule has 0 fully saturated rings. The number of carbonyl (C=O) groups is 2. The van der Waals surface area contributed by atoms with Crippen LogP contribution in [0.4, 0.5) is 23.4 Å². The van der Waals surface area contributed by atoms with Gasteiger partial charge < -0.3 is 16.2 Å². The van der Waals surface area contributed by atoms with E-state index in [0.717, 1.165) is 0 Å². The van der Waals surface area contributed by atoms with Gasteiger partial charge >= 0.3 is 12.1 Å². The quantitative estimate of drug-likeness (QED) is 0.590. The molecule has 0 saturated heterocycles. The molecule has 0 radical (unpaired) electrons. The Balaban J connectivity index is 0.000000480. The van der Waals surface area contributed by atoms with Crippen molar-refractivity contribution in [2.75, 3.05) is 12.8 Å². The number of anilines is 1. The second-order valence-electron chi connectivity index (χ2n) is 5.29. The summed E-state index contributed by atoms with van der Waals surface area (Å²) in [7, 11) is 1.49. The van der Waals surface area contributed by atoms with Gasteiger partial charge in [0.05, 0.1) is 18.4 Å². The van der Waals surface area contributed by atoms with E-state index < -0.39 is 18.3 Å². The van der Waals surface area contributed by atoms with Gasteiger partial charge in [-0.15, -0.1) is 10.2 Å². The van der Waals surface area contributed by atoms with E-state index in [4.69, 9.17) is 15.6 Å². The minimum Gasteiger partial charge on any atom is -0.475 e. The number of halogens is 4. The number of amides is 1.